The number of aryl methyl sites for hydroxylation is 1. The maximum Gasteiger partial charge on any atom is 0.265 e. The third-order valence-corrected chi connectivity index (χ3v) is 4.89. The van der Waals surface area contributed by atoms with E-state index >= 15 is 0 Å². The Bertz CT molecular complexity index is 858. The van der Waals surface area contributed by atoms with Crippen molar-refractivity contribution >= 4 is 11.6 Å². The monoisotopic (exact) mass is 358 g/mol. The van der Waals surface area contributed by atoms with Gasteiger partial charge in [0.2, 0.25) is 12.0 Å². The van der Waals surface area contributed by atoms with Crippen LogP contribution >= 0.6 is 0 Å². The second kappa shape index (κ2) is 6.51. The maximum atomic E-state index is 13.4. The molecule has 26 heavy (non-hydrogen) atoms. The van der Waals surface area contributed by atoms with E-state index in [-0.39, 0.29) is 18.1 Å². The summed E-state index contributed by atoms with van der Waals surface area (Å²) < 4.78 is 18.5. The van der Waals surface area contributed by atoms with Crippen molar-refractivity contribution in [3.8, 4) is 0 Å². The standard InChI is InChI=1S/C18H19FN4O3/c1-11-20-17(23-25-11)18(7-2-3-8-18)21-16(24)15-10-14(22-26-15)12-5-4-6-13(19)9-12/h4-6,9,15H,2-3,7-8,10H2,1H3,(H,21,24)/t15-/m1/s1. The fraction of sp³-hybridized carbons (Fsp3) is 0.444. The van der Waals surface area contributed by atoms with E-state index in [0.717, 1.165) is 25.7 Å². The van der Waals surface area contributed by atoms with Gasteiger partial charge in [0.1, 0.15) is 11.4 Å². The molecular weight excluding hydrogens is 339 g/mol. The average molecular weight is 358 g/mol. The second-order valence-electron chi connectivity index (χ2n) is 6.76. The fourth-order valence-electron chi connectivity index (χ4n) is 3.55. The average Bonchev–Trinajstić information content (AvgIpc) is 3.35. The first kappa shape index (κ1) is 16.7. The summed E-state index contributed by atoms with van der Waals surface area (Å²) in [6.45, 7) is 1.72. The molecular formula is C18H19FN4O3. The van der Waals surface area contributed by atoms with Gasteiger partial charge in [0, 0.05) is 18.9 Å². The zero-order chi connectivity index (χ0) is 18.1. The lowest BCUT2D eigenvalue weighted by atomic mass is 9.95. The van der Waals surface area contributed by atoms with Crippen LogP contribution in [-0.4, -0.2) is 27.9 Å². The van der Waals surface area contributed by atoms with Crippen molar-refractivity contribution in [3.05, 3.63) is 47.4 Å². The molecule has 1 aromatic carbocycles. The second-order valence-corrected chi connectivity index (χ2v) is 6.76. The summed E-state index contributed by atoms with van der Waals surface area (Å²) in [4.78, 5) is 22.4. The van der Waals surface area contributed by atoms with Crippen LogP contribution in [-0.2, 0) is 15.2 Å². The van der Waals surface area contributed by atoms with Gasteiger partial charge in [0.05, 0.1) is 5.71 Å². The highest BCUT2D eigenvalue weighted by Gasteiger charge is 2.43. The molecule has 2 aromatic rings. The molecule has 136 valence electrons. The number of hydrogen-bond acceptors (Lipinski definition) is 6. The van der Waals surface area contributed by atoms with Gasteiger partial charge >= 0.3 is 0 Å². The van der Waals surface area contributed by atoms with E-state index in [1.165, 1.54) is 12.1 Å². The third-order valence-electron chi connectivity index (χ3n) is 4.89. The van der Waals surface area contributed by atoms with Crippen molar-refractivity contribution < 1.29 is 18.5 Å². The molecule has 0 radical (unpaired) electrons. The SMILES string of the molecule is Cc1nc(C2(NC(=O)[C@H]3CC(c4cccc(F)c4)=NO3)CCCC2)no1. The summed E-state index contributed by atoms with van der Waals surface area (Å²) in [5.41, 5.74) is 0.546. The highest BCUT2D eigenvalue weighted by atomic mass is 19.1. The van der Waals surface area contributed by atoms with Gasteiger partial charge in [-0.1, -0.05) is 35.3 Å². The van der Waals surface area contributed by atoms with Crippen LogP contribution in [0.3, 0.4) is 0 Å². The zero-order valence-electron chi connectivity index (χ0n) is 14.4. The first-order valence-corrected chi connectivity index (χ1v) is 8.67. The number of aromatic nitrogens is 2. The number of rotatable bonds is 4. The van der Waals surface area contributed by atoms with Crippen LogP contribution in [0.5, 0.6) is 0 Å². The molecule has 0 spiro atoms. The molecule has 0 unspecified atom stereocenters. The lowest BCUT2D eigenvalue weighted by molar-refractivity contribution is -0.133. The molecule has 1 aromatic heterocycles. The summed E-state index contributed by atoms with van der Waals surface area (Å²) >= 11 is 0. The van der Waals surface area contributed by atoms with Crippen molar-refractivity contribution in [2.45, 2.75) is 50.7 Å². The lowest BCUT2D eigenvalue weighted by Crippen LogP contribution is -2.48. The highest BCUT2D eigenvalue weighted by Crippen LogP contribution is 2.37. The smallest absolute Gasteiger partial charge is 0.265 e. The number of benzene rings is 1. The number of carbonyl (C=O) groups is 1. The van der Waals surface area contributed by atoms with E-state index in [0.29, 0.717) is 23.0 Å². The van der Waals surface area contributed by atoms with Gasteiger partial charge in [0.15, 0.2) is 5.82 Å². The first-order chi connectivity index (χ1) is 12.6. The normalized spacial score (nSPS) is 21.3. The number of nitrogens with zero attached hydrogens (tertiary/aromatic N) is 3. The van der Waals surface area contributed by atoms with Gasteiger partial charge in [-0.2, -0.15) is 4.98 Å². The Kier molecular flexibility index (Phi) is 4.18. The Balaban J connectivity index is 1.47. The predicted molar refractivity (Wildman–Crippen MR) is 89.8 cm³/mol. The van der Waals surface area contributed by atoms with E-state index < -0.39 is 11.6 Å². The Labute approximate surface area is 149 Å². The molecule has 1 saturated carbocycles. The third kappa shape index (κ3) is 3.07. The molecule has 2 heterocycles. The molecule has 7 nitrogen and oxygen atoms in total. The Morgan fingerprint density at radius 2 is 2.15 bits per heavy atom. The van der Waals surface area contributed by atoms with E-state index in [1.54, 1.807) is 19.1 Å². The van der Waals surface area contributed by atoms with Crippen LogP contribution in [0.4, 0.5) is 4.39 Å². The van der Waals surface area contributed by atoms with Crippen LogP contribution in [0.15, 0.2) is 33.9 Å². The number of oxime groups is 1. The van der Waals surface area contributed by atoms with Gasteiger partial charge in [-0.15, -0.1) is 0 Å². The first-order valence-electron chi connectivity index (χ1n) is 8.67. The van der Waals surface area contributed by atoms with Crippen molar-refractivity contribution in [3.63, 3.8) is 0 Å². The van der Waals surface area contributed by atoms with E-state index in [1.807, 2.05) is 0 Å². The van der Waals surface area contributed by atoms with Crippen LogP contribution in [0.1, 0.15) is 49.4 Å². The minimum Gasteiger partial charge on any atom is -0.382 e. The molecule has 0 saturated heterocycles. The molecule has 0 bridgehead atoms. The van der Waals surface area contributed by atoms with Crippen LogP contribution in [0.2, 0.25) is 0 Å². The van der Waals surface area contributed by atoms with E-state index in [4.69, 9.17) is 9.36 Å². The predicted octanol–water partition coefficient (Wildman–Crippen LogP) is 2.60. The van der Waals surface area contributed by atoms with E-state index in [9.17, 15) is 9.18 Å². The summed E-state index contributed by atoms with van der Waals surface area (Å²) in [6.07, 6.45) is 2.99. The minimum absolute atomic E-state index is 0.274. The van der Waals surface area contributed by atoms with Crippen LogP contribution < -0.4 is 5.32 Å². The number of halogens is 1. The lowest BCUT2D eigenvalue weighted by Gasteiger charge is -2.27. The molecule has 1 atom stereocenters. The van der Waals surface area contributed by atoms with Gasteiger partial charge in [-0.3, -0.25) is 4.79 Å². The van der Waals surface area contributed by atoms with E-state index in [2.05, 4.69) is 20.6 Å². The summed E-state index contributed by atoms with van der Waals surface area (Å²) in [6, 6.07) is 6.09. The van der Waals surface area contributed by atoms with Crippen molar-refractivity contribution in [1.29, 1.82) is 0 Å². The molecule has 2 aliphatic rings. The van der Waals surface area contributed by atoms with Crippen molar-refractivity contribution in [1.82, 2.24) is 15.5 Å². The topological polar surface area (TPSA) is 89.6 Å². The van der Waals surface area contributed by atoms with Crippen molar-refractivity contribution in [2.75, 3.05) is 0 Å². The molecule has 1 aliphatic heterocycles. The summed E-state index contributed by atoms with van der Waals surface area (Å²) in [5, 5.41) is 11.0. The molecule has 1 fully saturated rings. The maximum absolute atomic E-state index is 13.4. The molecule has 4 rings (SSSR count). The molecule has 1 N–H and O–H groups in total. The highest BCUT2D eigenvalue weighted by molar-refractivity contribution is 6.04. The quantitative estimate of drug-likeness (QED) is 0.907. The molecule has 1 amide bonds. The zero-order valence-corrected chi connectivity index (χ0v) is 14.4. The molecule has 8 heteroatoms. The van der Waals surface area contributed by atoms with Crippen LogP contribution in [0.25, 0.3) is 0 Å². The number of nitrogens with one attached hydrogen (secondary N) is 1. The van der Waals surface area contributed by atoms with Gasteiger partial charge < -0.3 is 14.7 Å². The number of amides is 1. The van der Waals surface area contributed by atoms with Gasteiger partial charge in [0.25, 0.3) is 5.91 Å². The van der Waals surface area contributed by atoms with Crippen LogP contribution in [0, 0.1) is 12.7 Å². The van der Waals surface area contributed by atoms with Crippen molar-refractivity contribution in [2.24, 2.45) is 5.16 Å². The number of carbonyl (C=O) groups excluding carboxylic acids is 1. The number of hydrogen-bond donors (Lipinski definition) is 1. The Hall–Kier alpha value is -2.77. The fourth-order valence-corrected chi connectivity index (χ4v) is 3.55. The van der Waals surface area contributed by atoms with Gasteiger partial charge in [-0.05, 0) is 25.0 Å². The Morgan fingerprint density at radius 3 is 2.85 bits per heavy atom. The van der Waals surface area contributed by atoms with Gasteiger partial charge in [-0.25, -0.2) is 4.39 Å². The minimum atomic E-state index is -0.751. The Morgan fingerprint density at radius 1 is 1.35 bits per heavy atom. The summed E-state index contributed by atoms with van der Waals surface area (Å²) in [7, 11) is 0. The molecule has 1 aliphatic carbocycles. The summed E-state index contributed by atoms with van der Waals surface area (Å²) in [5.74, 6) is 0.347. The largest absolute Gasteiger partial charge is 0.382 e.